The van der Waals surface area contributed by atoms with Crippen molar-refractivity contribution >= 4 is 11.9 Å². The molecule has 0 aliphatic heterocycles. The summed E-state index contributed by atoms with van der Waals surface area (Å²) in [5.41, 5.74) is 10.9. The van der Waals surface area contributed by atoms with Gasteiger partial charge in [-0.15, -0.1) is 0 Å². The van der Waals surface area contributed by atoms with Gasteiger partial charge < -0.3 is 21.9 Å². The number of unbranched alkanes of at least 4 members (excludes halogenated alkanes) is 1. The van der Waals surface area contributed by atoms with E-state index in [-0.39, 0.29) is 30.8 Å². The van der Waals surface area contributed by atoms with E-state index in [0.717, 1.165) is 12.8 Å². The Morgan fingerprint density at radius 2 is 1.94 bits per heavy atom. The largest absolute Gasteiger partial charge is 0.481 e. The van der Waals surface area contributed by atoms with Crippen molar-refractivity contribution in [3.8, 4) is 0 Å². The zero-order valence-corrected chi connectivity index (χ0v) is 10.3. The first kappa shape index (κ1) is 15.9. The normalized spacial score (nSPS) is 14.1. The number of hydrogen-bond donors (Lipinski definition) is 4. The minimum Gasteiger partial charge on any atom is -0.481 e. The van der Waals surface area contributed by atoms with Gasteiger partial charge in [-0.1, -0.05) is 6.42 Å². The first-order valence-electron chi connectivity index (χ1n) is 5.92. The second-order valence-corrected chi connectivity index (χ2v) is 4.33. The van der Waals surface area contributed by atoms with Crippen molar-refractivity contribution in [3.63, 3.8) is 0 Å². The van der Waals surface area contributed by atoms with E-state index in [1.165, 1.54) is 0 Å². The zero-order valence-electron chi connectivity index (χ0n) is 10.3. The Morgan fingerprint density at radius 3 is 2.41 bits per heavy atom. The summed E-state index contributed by atoms with van der Waals surface area (Å²) in [5, 5.41) is 11.4. The molecule has 0 unspecified atom stereocenters. The van der Waals surface area contributed by atoms with Crippen LogP contribution in [0.15, 0.2) is 0 Å². The first-order chi connectivity index (χ1) is 7.95. The summed E-state index contributed by atoms with van der Waals surface area (Å²) >= 11 is 0. The van der Waals surface area contributed by atoms with Crippen LogP contribution in [0.3, 0.4) is 0 Å². The van der Waals surface area contributed by atoms with Gasteiger partial charge in [-0.3, -0.25) is 9.59 Å². The number of carboxylic acids is 1. The Hall–Kier alpha value is -1.14. The van der Waals surface area contributed by atoms with Crippen LogP contribution in [0.5, 0.6) is 0 Å². The average Bonchev–Trinajstić information content (AvgIpc) is 2.15. The Morgan fingerprint density at radius 1 is 1.29 bits per heavy atom. The highest BCUT2D eigenvalue weighted by molar-refractivity contribution is 5.77. The van der Waals surface area contributed by atoms with Crippen LogP contribution >= 0.6 is 0 Å². The maximum absolute atomic E-state index is 11.5. The molecule has 0 aliphatic carbocycles. The lowest BCUT2D eigenvalue weighted by molar-refractivity contribution is -0.137. The minimum absolute atomic E-state index is 0.0603. The molecule has 0 saturated carbocycles. The highest BCUT2D eigenvalue weighted by Crippen LogP contribution is 2.05. The Bertz CT molecular complexity index is 244. The van der Waals surface area contributed by atoms with E-state index in [0.29, 0.717) is 13.0 Å². The molecule has 6 nitrogen and oxygen atoms in total. The number of carbonyl (C=O) groups excluding carboxylic acids is 1. The minimum atomic E-state index is -0.913. The van der Waals surface area contributed by atoms with Crippen molar-refractivity contribution in [1.82, 2.24) is 5.32 Å². The molecule has 6 N–H and O–H groups in total. The molecule has 0 bridgehead atoms. The molecule has 0 aliphatic rings. The van der Waals surface area contributed by atoms with Gasteiger partial charge in [-0.05, 0) is 26.3 Å². The van der Waals surface area contributed by atoms with Crippen LogP contribution in [0, 0.1) is 0 Å². The number of nitrogens with one attached hydrogen (secondary N) is 1. The van der Waals surface area contributed by atoms with Crippen LogP contribution in [-0.2, 0) is 9.59 Å². The summed E-state index contributed by atoms with van der Waals surface area (Å²) in [6, 6.07) is -0.546. The summed E-state index contributed by atoms with van der Waals surface area (Å²) in [4.78, 5) is 22.1. The van der Waals surface area contributed by atoms with Gasteiger partial charge >= 0.3 is 5.97 Å². The lowest BCUT2D eigenvalue weighted by Crippen LogP contribution is -2.39. The van der Waals surface area contributed by atoms with Crippen LogP contribution in [0.2, 0.25) is 0 Å². The fourth-order valence-electron chi connectivity index (χ4n) is 1.55. The molecule has 1 amide bonds. The van der Waals surface area contributed by atoms with Crippen LogP contribution in [-0.4, -0.2) is 35.6 Å². The predicted octanol–water partition coefficient (Wildman–Crippen LogP) is -0.188. The van der Waals surface area contributed by atoms with E-state index in [9.17, 15) is 9.59 Å². The molecule has 17 heavy (non-hydrogen) atoms. The lowest BCUT2D eigenvalue weighted by Gasteiger charge is -2.17. The van der Waals surface area contributed by atoms with Gasteiger partial charge in [0.2, 0.25) is 5.91 Å². The fourth-order valence-corrected chi connectivity index (χ4v) is 1.55. The standard InChI is InChI=1S/C11H23N3O3/c1-8(13)6-10(15)14-9(7-11(16)17)4-2-3-5-12/h8-9H,2-7,12-13H2,1H3,(H,14,15)(H,16,17)/t8-,9-/m0/s1. The van der Waals surface area contributed by atoms with E-state index < -0.39 is 5.97 Å². The van der Waals surface area contributed by atoms with Crippen molar-refractivity contribution in [2.24, 2.45) is 11.5 Å². The van der Waals surface area contributed by atoms with Gasteiger partial charge in [0.05, 0.1) is 6.42 Å². The van der Waals surface area contributed by atoms with Crippen LogP contribution in [0.4, 0.5) is 0 Å². The summed E-state index contributed by atoms with van der Waals surface area (Å²) in [6.45, 7) is 2.31. The third kappa shape index (κ3) is 9.77. The van der Waals surface area contributed by atoms with E-state index >= 15 is 0 Å². The maximum Gasteiger partial charge on any atom is 0.305 e. The smallest absolute Gasteiger partial charge is 0.305 e. The topological polar surface area (TPSA) is 118 Å². The van der Waals surface area contributed by atoms with E-state index in [4.69, 9.17) is 16.6 Å². The van der Waals surface area contributed by atoms with E-state index in [1.807, 2.05) is 0 Å². The van der Waals surface area contributed by atoms with Crippen LogP contribution in [0.1, 0.15) is 39.0 Å². The molecule has 0 spiro atoms. The highest BCUT2D eigenvalue weighted by atomic mass is 16.4. The third-order valence-electron chi connectivity index (χ3n) is 2.30. The van der Waals surface area contributed by atoms with E-state index in [1.54, 1.807) is 6.92 Å². The molecule has 0 aromatic heterocycles. The fraction of sp³-hybridized carbons (Fsp3) is 0.818. The molecule has 0 heterocycles. The Kier molecular flexibility index (Phi) is 8.35. The van der Waals surface area contributed by atoms with Gasteiger partial charge in [0, 0.05) is 18.5 Å². The molecule has 2 atom stereocenters. The third-order valence-corrected chi connectivity index (χ3v) is 2.30. The average molecular weight is 245 g/mol. The van der Waals surface area contributed by atoms with Crippen molar-refractivity contribution in [1.29, 1.82) is 0 Å². The maximum atomic E-state index is 11.5. The quantitative estimate of drug-likeness (QED) is 0.420. The van der Waals surface area contributed by atoms with Crippen molar-refractivity contribution < 1.29 is 14.7 Å². The van der Waals surface area contributed by atoms with Crippen molar-refractivity contribution in [2.75, 3.05) is 6.54 Å². The summed E-state index contributed by atoms with van der Waals surface area (Å²) in [7, 11) is 0. The van der Waals surface area contributed by atoms with Gasteiger partial charge in [0.15, 0.2) is 0 Å². The molecule has 0 fully saturated rings. The molecule has 0 radical (unpaired) electrons. The number of carbonyl (C=O) groups is 2. The summed E-state index contributed by atoms with van der Waals surface area (Å²) in [5.74, 6) is -1.11. The Labute approximate surface area is 102 Å². The van der Waals surface area contributed by atoms with E-state index in [2.05, 4.69) is 5.32 Å². The molecular weight excluding hydrogens is 222 g/mol. The second kappa shape index (κ2) is 8.95. The lowest BCUT2D eigenvalue weighted by atomic mass is 10.1. The predicted molar refractivity (Wildman–Crippen MR) is 65.4 cm³/mol. The van der Waals surface area contributed by atoms with Gasteiger partial charge in [-0.2, -0.15) is 0 Å². The number of carboxylic acid groups (broad SMARTS) is 1. The first-order valence-corrected chi connectivity index (χ1v) is 5.92. The molecule has 0 aromatic rings. The summed E-state index contributed by atoms with van der Waals surface area (Å²) in [6.07, 6.45) is 2.43. The summed E-state index contributed by atoms with van der Waals surface area (Å²) < 4.78 is 0. The monoisotopic (exact) mass is 245 g/mol. The molecule has 0 aromatic carbocycles. The number of hydrogen-bond acceptors (Lipinski definition) is 4. The number of rotatable bonds is 9. The molecule has 0 saturated heterocycles. The SMILES string of the molecule is C[C@H](N)CC(=O)N[C@@H](CCCCN)CC(=O)O. The Balaban J connectivity index is 4.08. The molecular formula is C11H23N3O3. The zero-order chi connectivity index (χ0) is 13.3. The van der Waals surface area contributed by atoms with Gasteiger partial charge in [0.1, 0.15) is 0 Å². The second-order valence-electron chi connectivity index (χ2n) is 4.33. The van der Waals surface area contributed by atoms with Crippen LogP contribution in [0.25, 0.3) is 0 Å². The number of nitrogens with two attached hydrogens (primary N) is 2. The molecule has 0 rings (SSSR count). The van der Waals surface area contributed by atoms with Gasteiger partial charge in [-0.25, -0.2) is 0 Å². The highest BCUT2D eigenvalue weighted by Gasteiger charge is 2.16. The van der Waals surface area contributed by atoms with Gasteiger partial charge in [0.25, 0.3) is 0 Å². The van der Waals surface area contributed by atoms with Crippen molar-refractivity contribution in [3.05, 3.63) is 0 Å². The van der Waals surface area contributed by atoms with Crippen molar-refractivity contribution in [2.45, 2.75) is 51.1 Å². The molecule has 6 heteroatoms. The van der Waals surface area contributed by atoms with Crippen LogP contribution < -0.4 is 16.8 Å². The number of amides is 1. The number of aliphatic carboxylic acids is 1. The molecule has 100 valence electrons.